The van der Waals surface area contributed by atoms with E-state index in [4.69, 9.17) is 0 Å². The Morgan fingerprint density at radius 1 is 0.846 bits per heavy atom. The molecule has 1 amide bonds. The third-order valence-electron chi connectivity index (χ3n) is 7.66. The van der Waals surface area contributed by atoms with Crippen molar-refractivity contribution in [1.82, 2.24) is 0 Å². The molecule has 5 aliphatic carbocycles. The van der Waals surface area contributed by atoms with Gasteiger partial charge in [-0.2, -0.15) is 0 Å². The Balaban J connectivity index is 1.32. The van der Waals surface area contributed by atoms with Gasteiger partial charge in [0, 0.05) is 6.04 Å². The Kier molecular flexibility index (Phi) is 4.21. The Bertz CT molecular complexity index is 641. The van der Waals surface area contributed by atoms with E-state index < -0.39 is 0 Å². The Hall–Kier alpha value is -1.51. The van der Waals surface area contributed by atoms with Crippen LogP contribution in [0.4, 0.5) is 11.4 Å². The highest BCUT2D eigenvalue weighted by atomic mass is 16.2. The molecule has 0 aromatic heterocycles. The summed E-state index contributed by atoms with van der Waals surface area (Å²) in [5, 5.41) is 7.07. The maximum atomic E-state index is 13.4. The van der Waals surface area contributed by atoms with E-state index in [1.165, 1.54) is 51.4 Å². The molecule has 140 valence electrons. The summed E-state index contributed by atoms with van der Waals surface area (Å²) in [4.78, 5) is 13.4. The molecule has 5 saturated carbocycles. The van der Waals surface area contributed by atoms with Gasteiger partial charge in [-0.25, -0.2) is 0 Å². The second kappa shape index (κ2) is 6.58. The number of benzene rings is 1. The summed E-state index contributed by atoms with van der Waals surface area (Å²) < 4.78 is 0. The first-order valence-corrected chi connectivity index (χ1v) is 10.9. The lowest BCUT2D eigenvalue weighted by atomic mass is 9.49. The van der Waals surface area contributed by atoms with Gasteiger partial charge in [-0.05, 0) is 81.3 Å². The lowest BCUT2D eigenvalue weighted by molar-refractivity contribution is -0.140. The molecule has 0 spiro atoms. The fourth-order valence-corrected chi connectivity index (χ4v) is 6.83. The highest BCUT2D eigenvalue weighted by Gasteiger charge is 2.54. The summed E-state index contributed by atoms with van der Waals surface area (Å²) in [6.45, 7) is 0. The average molecular weight is 353 g/mol. The van der Waals surface area contributed by atoms with Gasteiger partial charge in [0.25, 0.3) is 0 Å². The summed E-state index contributed by atoms with van der Waals surface area (Å²) in [6.07, 6.45) is 14.0. The van der Waals surface area contributed by atoms with E-state index in [1.807, 2.05) is 6.07 Å². The van der Waals surface area contributed by atoms with Crippen LogP contribution in [0.2, 0.25) is 0 Å². The molecule has 0 atom stereocenters. The zero-order valence-electron chi connectivity index (χ0n) is 15.8. The van der Waals surface area contributed by atoms with Gasteiger partial charge in [0.15, 0.2) is 0 Å². The quantitative estimate of drug-likeness (QED) is 0.742. The second-order valence-electron chi connectivity index (χ2n) is 9.68. The van der Waals surface area contributed by atoms with Gasteiger partial charge in [0.1, 0.15) is 0 Å². The first-order valence-electron chi connectivity index (χ1n) is 10.9. The predicted octanol–water partition coefficient (Wildman–Crippen LogP) is 5.59. The van der Waals surface area contributed by atoms with Crippen molar-refractivity contribution in [3.63, 3.8) is 0 Å². The Morgan fingerprint density at radius 3 is 2.04 bits per heavy atom. The molecule has 3 nitrogen and oxygen atoms in total. The molecule has 1 aromatic rings. The third kappa shape index (κ3) is 3.04. The molecule has 4 bridgehead atoms. The minimum atomic E-state index is -0.0767. The summed E-state index contributed by atoms with van der Waals surface area (Å²) in [6, 6.07) is 8.88. The van der Waals surface area contributed by atoms with Crippen LogP contribution in [0.15, 0.2) is 24.3 Å². The molecule has 0 unspecified atom stereocenters. The summed E-state index contributed by atoms with van der Waals surface area (Å²) in [5.74, 6) is 2.72. The number of anilines is 2. The van der Waals surface area contributed by atoms with Crippen molar-refractivity contribution in [2.24, 2.45) is 23.2 Å². The third-order valence-corrected chi connectivity index (χ3v) is 7.66. The zero-order chi connectivity index (χ0) is 17.6. The van der Waals surface area contributed by atoms with Crippen LogP contribution in [0.1, 0.15) is 70.6 Å². The summed E-state index contributed by atoms with van der Waals surface area (Å²) in [7, 11) is 0. The van der Waals surface area contributed by atoms with Gasteiger partial charge >= 0.3 is 0 Å². The highest BCUT2D eigenvalue weighted by Crippen LogP contribution is 2.60. The number of carbonyl (C=O) groups excluding carboxylic acids is 1. The number of para-hydroxylation sites is 2. The van der Waals surface area contributed by atoms with Crippen LogP contribution in [0.5, 0.6) is 0 Å². The van der Waals surface area contributed by atoms with Crippen molar-refractivity contribution in [3.05, 3.63) is 24.3 Å². The number of amides is 1. The van der Waals surface area contributed by atoms with Crippen molar-refractivity contribution >= 4 is 17.3 Å². The molecule has 6 rings (SSSR count). The average Bonchev–Trinajstić information content (AvgIpc) is 2.63. The Labute approximate surface area is 157 Å². The van der Waals surface area contributed by atoms with Crippen LogP contribution in [0.25, 0.3) is 0 Å². The molecule has 5 aliphatic rings. The van der Waals surface area contributed by atoms with Gasteiger partial charge in [-0.1, -0.05) is 31.4 Å². The van der Waals surface area contributed by atoms with Gasteiger partial charge < -0.3 is 10.6 Å². The Morgan fingerprint density at radius 2 is 1.42 bits per heavy atom. The molecule has 0 aliphatic heterocycles. The van der Waals surface area contributed by atoms with Crippen molar-refractivity contribution in [2.75, 3.05) is 10.6 Å². The summed E-state index contributed by atoms with van der Waals surface area (Å²) in [5.41, 5.74) is 2.02. The molecule has 3 heteroatoms. The number of carbonyl (C=O) groups is 1. The monoisotopic (exact) mass is 352 g/mol. The van der Waals surface area contributed by atoms with E-state index in [0.717, 1.165) is 48.4 Å². The minimum absolute atomic E-state index is 0.0767. The van der Waals surface area contributed by atoms with E-state index in [0.29, 0.717) is 11.9 Å². The summed E-state index contributed by atoms with van der Waals surface area (Å²) >= 11 is 0. The largest absolute Gasteiger partial charge is 0.381 e. The molecular formula is C23H32N2O. The smallest absolute Gasteiger partial charge is 0.230 e. The first kappa shape index (κ1) is 16.6. The van der Waals surface area contributed by atoms with Crippen LogP contribution in [0.3, 0.4) is 0 Å². The minimum Gasteiger partial charge on any atom is -0.381 e. The number of nitrogens with one attached hydrogen (secondary N) is 2. The van der Waals surface area contributed by atoms with E-state index in [1.54, 1.807) is 0 Å². The lowest BCUT2D eigenvalue weighted by Gasteiger charge is -2.55. The molecular weight excluding hydrogens is 320 g/mol. The lowest BCUT2D eigenvalue weighted by Crippen LogP contribution is -2.51. The molecule has 0 saturated heterocycles. The highest BCUT2D eigenvalue weighted by molar-refractivity contribution is 5.98. The first-order chi connectivity index (χ1) is 12.7. The van der Waals surface area contributed by atoms with E-state index >= 15 is 0 Å². The van der Waals surface area contributed by atoms with Crippen LogP contribution < -0.4 is 10.6 Å². The molecule has 0 heterocycles. The van der Waals surface area contributed by atoms with Gasteiger partial charge in [0.05, 0.1) is 16.8 Å². The maximum absolute atomic E-state index is 13.4. The van der Waals surface area contributed by atoms with Crippen molar-refractivity contribution in [2.45, 2.75) is 76.7 Å². The van der Waals surface area contributed by atoms with Crippen LogP contribution in [-0.2, 0) is 4.79 Å². The van der Waals surface area contributed by atoms with Crippen molar-refractivity contribution in [1.29, 1.82) is 0 Å². The fourth-order valence-electron chi connectivity index (χ4n) is 6.83. The molecule has 26 heavy (non-hydrogen) atoms. The second-order valence-corrected chi connectivity index (χ2v) is 9.68. The van der Waals surface area contributed by atoms with Crippen molar-refractivity contribution < 1.29 is 4.79 Å². The number of hydrogen-bond acceptors (Lipinski definition) is 2. The molecule has 2 N–H and O–H groups in total. The molecule has 1 aromatic carbocycles. The SMILES string of the molecule is O=C(Nc1ccccc1NC1CCCCC1)C12CC3CC(CC(C3)C1)C2. The van der Waals surface area contributed by atoms with Crippen LogP contribution in [-0.4, -0.2) is 11.9 Å². The van der Waals surface area contributed by atoms with Crippen LogP contribution in [0, 0.1) is 23.2 Å². The molecule has 0 radical (unpaired) electrons. The predicted molar refractivity (Wildman–Crippen MR) is 106 cm³/mol. The van der Waals surface area contributed by atoms with Gasteiger partial charge in [-0.3, -0.25) is 4.79 Å². The van der Waals surface area contributed by atoms with E-state index in [2.05, 4.69) is 28.8 Å². The van der Waals surface area contributed by atoms with Crippen LogP contribution >= 0.6 is 0 Å². The van der Waals surface area contributed by atoms with Gasteiger partial charge in [0.2, 0.25) is 5.91 Å². The van der Waals surface area contributed by atoms with Crippen molar-refractivity contribution in [3.8, 4) is 0 Å². The fraction of sp³-hybridized carbons (Fsp3) is 0.696. The zero-order valence-corrected chi connectivity index (χ0v) is 15.8. The maximum Gasteiger partial charge on any atom is 0.230 e. The standard InChI is InChI=1S/C23H32N2O/c26-22(23-13-16-10-17(14-23)12-18(11-16)15-23)25-21-9-5-4-8-20(21)24-19-6-2-1-3-7-19/h4-5,8-9,16-19,24H,1-3,6-7,10-15H2,(H,25,26). The number of hydrogen-bond donors (Lipinski definition) is 2. The van der Waals surface area contributed by atoms with E-state index in [9.17, 15) is 4.79 Å². The number of rotatable bonds is 4. The topological polar surface area (TPSA) is 41.1 Å². The van der Waals surface area contributed by atoms with Gasteiger partial charge in [-0.15, -0.1) is 0 Å². The molecule has 5 fully saturated rings. The van der Waals surface area contributed by atoms with E-state index in [-0.39, 0.29) is 5.41 Å². The normalized spacial score (nSPS) is 36.1.